The van der Waals surface area contributed by atoms with Crippen LogP contribution in [-0.2, 0) is 13.0 Å². The quantitative estimate of drug-likeness (QED) is 0.794. The number of hydrogen-bond donors (Lipinski definition) is 0. The zero-order chi connectivity index (χ0) is 13.8. The largest absolute Gasteiger partial charge is 0.294 e. The van der Waals surface area contributed by atoms with Crippen LogP contribution < -0.4 is 0 Å². The molecular formula is C14H16BrN3O. The lowest BCUT2D eigenvalue weighted by molar-refractivity contribution is 0.0989. The van der Waals surface area contributed by atoms with Gasteiger partial charge in [0, 0.05) is 16.6 Å². The van der Waals surface area contributed by atoms with E-state index in [0.29, 0.717) is 5.56 Å². The minimum Gasteiger partial charge on any atom is -0.294 e. The third-order valence-corrected chi connectivity index (χ3v) is 3.80. The fraction of sp³-hybridized carbons (Fsp3) is 0.357. The van der Waals surface area contributed by atoms with Gasteiger partial charge in [-0.3, -0.25) is 4.79 Å². The Hall–Kier alpha value is -1.49. The number of Topliss-reactive ketones (excluding diaryl/α,β-unsaturated/α-hetero) is 1. The Morgan fingerprint density at radius 3 is 2.89 bits per heavy atom. The average molecular weight is 322 g/mol. The van der Waals surface area contributed by atoms with Crippen molar-refractivity contribution in [3.05, 3.63) is 46.0 Å². The molecule has 2 aromatic rings. The third-order valence-electron chi connectivity index (χ3n) is 2.94. The predicted octanol–water partition coefficient (Wildman–Crippen LogP) is 3.18. The van der Waals surface area contributed by atoms with Crippen molar-refractivity contribution in [3.63, 3.8) is 0 Å². The Bertz CT molecular complexity index is 592. The van der Waals surface area contributed by atoms with Crippen molar-refractivity contribution in [1.82, 2.24) is 14.8 Å². The number of carbonyl (C=O) groups excluding carboxylic acids is 1. The molecule has 0 spiro atoms. The first kappa shape index (κ1) is 13.9. The Balaban J connectivity index is 2.16. The van der Waals surface area contributed by atoms with Gasteiger partial charge in [-0.2, -0.15) is 5.10 Å². The van der Waals surface area contributed by atoms with Crippen molar-refractivity contribution >= 4 is 21.7 Å². The summed E-state index contributed by atoms with van der Waals surface area (Å²) in [4.78, 5) is 16.4. The van der Waals surface area contributed by atoms with Crippen LogP contribution in [0.2, 0.25) is 0 Å². The van der Waals surface area contributed by atoms with Gasteiger partial charge in [-0.15, -0.1) is 0 Å². The summed E-state index contributed by atoms with van der Waals surface area (Å²) in [5.74, 6) is 0.787. The molecule has 1 aromatic carbocycles. The number of benzene rings is 1. The Kier molecular flexibility index (Phi) is 4.47. The van der Waals surface area contributed by atoms with Crippen LogP contribution >= 0.6 is 15.9 Å². The van der Waals surface area contributed by atoms with Crippen molar-refractivity contribution < 1.29 is 4.79 Å². The van der Waals surface area contributed by atoms with Crippen LogP contribution in [0.5, 0.6) is 0 Å². The summed E-state index contributed by atoms with van der Waals surface area (Å²) in [5.41, 5.74) is 1.81. The van der Waals surface area contributed by atoms with E-state index in [2.05, 4.69) is 32.9 Å². The van der Waals surface area contributed by atoms with E-state index >= 15 is 0 Å². The van der Waals surface area contributed by atoms with E-state index in [1.165, 1.54) is 6.33 Å². The zero-order valence-electron chi connectivity index (χ0n) is 11.1. The molecule has 100 valence electrons. The van der Waals surface area contributed by atoms with Gasteiger partial charge < -0.3 is 0 Å². The van der Waals surface area contributed by atoms with Crippen molar-refractivity contribution in [3.8, 4) is 0 Å². The van der Waals surface area contributed by atoms with Crippen molar-refractivity contribution in [2.24, 2.45) is 0 Å². The molecule has 0 bridgehead atoms. The highest BCUT2D eigenvalue weighted by molar-refractivity contribution is 9.10. The number of halogens is 1. The number of ketones is 1. The number of carbonyl (C=O) groups is 1. The fourth-order valence-electron chi connectivity index (χ4n) is 1.84. The molecule has 0 amide bonds. The standard InChI is InChI=1S/C14H16BrN3O/c1-3-6-18-14(16-9-17-18)8-13(19)11-5-4-10(2)12(15)7-11/h4-5,7,9H,3,6,8H2,1-2H3. The average Bonchev–Trinajstić information content (AvgIpc) is 2.80. The lowest BCUT2D eigenvalue weighted by Crippen LogP contribution is -2.11. The van der Waals surface area contributed by atoms with Gasteiger partial charge in [-0.1, -0.05) is 35.0 Å². The second-order valence-corrected chi connectivity index (χ2v) is 5.32. The first-order valence-electron chi connectivity index (χ1n) is 6.28. The second kappa shape index (κ2) is 6.10. The topological polar surface area (TPSA) is 47.8 Å². The van der Waals surface area contributed by atoms with E-state index in [1.807, 2.05) is 25.1 Å². The minimum atomic E-state index is 0.0612. The summed E-state index contributed by atoms with van der Waals surface area (Å²) in [6.07, 6.45) is 2.76. The van der Waals surface area contributed by atoms with E-state index in [4.69, 9.17) is 0 Å². The lowest BCUT2D eigenvalue weighted by atomic mass is 10.1. The predicted molar refractivity (Wildman–Crippen MR) is 77.2 cm³/mol. The molecule has 1 heterocycles. The highest BCUT2D eigenvalue weighted by Gasteiger charge is 2.12. The molecule has 0 atom stereocenters. The van der Waals surface area contributed by atoms with E-state index in [1.54, 1.807) is 4.68 Å². The van der Waals surface area contributed by atoms with Crippen molar-refractivity contribution in [2.45, 2.75) is 33.2 Å². The molecule has 0 radical (unpaired) electrons. The Morgan fingerprint density at radius 2 is 2.21 bits per heavy atom. The van der Waals surface area contributed by atoms with E-state index in [0.717, 1.165) is 28.8 Å². The van der Waals surface area contributed by atoms with E-state index in [9.17, 15) is 4.79 Å². The monoisotopic (exact) mass is 321 g/mol. The summed E-state index contributed by atoms with van der Waals surface area (Å²) >= 11 is 3.45. The van der Waals surface area contributed by atoms with Gasteiger partial charge in [-0.05, 0) is 25.0 Å². The van der Waals surface area contributed by atoms with Gasteiger partial charge in [-0.25, -0.2) is 9.67 Å². The first-order chi connectivity index (χ1) is 9.11. The van der Waals surface area contributed by atoms with Crippen LogP contribution in [0.4, 0.5) is 0 Å². The molecule has 4 nitrogen and oxygen atoms in total. The van der Waals surface area contributed by atoms with Gasteiger partial charge in [0.1, 0.15) is 12.2 Å². The molecule has 2 rings (SSSR count). The highest BCUT2D eigenvalue weighted by Crippen LogP contribution is 2.18. The van der Waals surface area contributed by atoms with Gasteiger partial charge in [0.15, 0.2) is 5.78 Å². The zero-order valence-corrected chi connectivity index (χ0v) is 12.6. The fourth-order valence-corrected chi connectivity index (χ4v) is 2.21. The molecule has 0 aliphatic heterocycles. The van der Waals surface area contributed by atoms with Crippen LogP contribution in [0.3, 0.4) is 0 Å². The second-order valence-electron chi connectivity index (χ2n) is 4.46. The normalized spacial score (nSPS) is 10.7. The number of rotatable bonds is 5. The molecule has 19 heavy (non-hydrogen) atoms. The van der Waals surface area contributed by atoms with Crippen LogP contribution in [0.1, 0.15) is 35.1 Å². The summed E-state index contributed by atoms with van der Waals surface area (Å²) in [7, 11) is 0. The number of aryl methyl sites for hydroxylation is 2. The number of aromatic nitrogens is 3. The molecule has 0 aliphatic carbocycles. The van der Waals surface area contributed by atoms with Crippen LogP contribution in [0, 0.1) is 6.92 Å². The SMILES string of the molecule is CCCn1ncnc1CC(=O)c1ccc(C)c(Br)c1. The van der Waals surface area contributed by atoms with E-state index < -0.39 is 0 Å². The summed E-state index contributed by atoms with van der Waals surface area (Å²) in [5, 5.41) is 4.13. The highest BCUT2D eigenvalue weighted by atomic mass is 79.9. The molecule has 5 heteroatoms. The van der Waals surface area contributed by atoms with Crippen LogP contribution in [0.25, 0.3) is 0 Å². The van der Waals surface area contributed by atoms with Crippen molar-refractivity contribution in [2.75, 3.05) is 0 Å². The third kappa shape index (κ3) is 3.29. The van der Waals surface area contributed by atoms with Crippen LogP contribution in [-0.4, -0.2) is 20.5 Å². The molecule has 1 aromatic heterocycles. The van der Waals surface area contributed by atoms with Crippen molar-refractivity contribution in [1.29, 1.82) is 0 Å². The van der Waals surface area contributed by atoms with Gasteiger partial charge in [0.25, 0.3) is 0 Å². The smallest absolute Gasteiger partial charge is 0.170 e. The summed E-state index contributed by atoms with van der Waals surface area (Å²) in [6.45, 7) is 4.86. The molecule has 0 saturated heterocycles. The minimum absolute atomic E-state index is 0.0612. The first-order valence-corrected chi connectivity index (χ1v) is 7.07. The van der Waals surface area contributed by atoms with Gasteiger partial charge in [0.2, 0.25) is 0 Å². The maximum absolute atomic E-state index is 12.2. The number of nitrogens with zero attached hydrogens (tertiary/aromatic N) is 3. The summed E-state index contributed by atoms with van der Waals surface area (Å²) < 4.78 is 2.74. The molecular weight excluding hydrogens is 306 g/mol. The Morgan fingerprint density at radius 1 is 1.42 bits per heavy atom. The van der Waals surface area contributed by atoms with E-state index in [-0.39, 0.29) is 12.2 Å². The molecule has 0 fully saturated rings. The molecule has 0 unspecified atom stereocenters. The van der Waals surface area contributed by atoms with Gasteiger partial charge in [0.05, 0.1) is 6.42 Å². The maximum atomic E-state index is 12.2. The molecule has 0 N–H and O–H groups in total. The molecule has 0 aliphatic rings. The van der Waals surface area contributed by atoms with Gasteiger partial charge >= 0.3 is 0 Å². The molecule has 0 saturated carbocycles. The van der Waals surface area contributed by atoms with Crippen LogP contribution in [0.15, 0.2) is 29.0 Å². The maximum Gasteiger partial charge on any atom is 0.170 e. The Labute approximate surface area is 121 Å². The lowest BCUT2D eigenvalue weighted by Gasteiger charge is -2.05. The summed E-state index contributed by atoms with van der Waals surface area (Å²) in [6, 6.07) is 5.65. The number of hydrogen-bond acceptors (Lipinski definition) is 3.